The molecule has 0 amide bonds. The lowest BCUT2D eigenvalue weighted by Crippen LogP contribution is -2.26. The van der Waals surface area contributed by atoms with Gasteiger partial charge in [-0.2, -0.15) is 0 Å². The van der Waals surface area contributed by atoms with E-state index >= 15 is 0 Å². The maximum Gasteiger partial charge on any atom is 0.155 e. The maximum atomic E-state index is 5.96. The molecule has 0 aliphatic carbocycles. The van der Waals surface area contributed by atoms with E-state index < -0.39 is 0 Å². The average molecular weight is 240 g/mol. The van der Waals surface area contributed by atoms with Crippen molar-refractivity contribution in [1.29, 1.82) is 0 Å². The molecule has 2 rings (SSSR count). The second-order valence-corrected chi connectivity index (χ2v) is 4.82. The monoisotopic (exact) mass is 239 g/mol. The van der Waals surface area contributed by atoms with E-state index in [1.54, 1.807) is 0 Å². The minimum absolute atomic E-state index is 0.524. The lowest BCUT2D eigenvalue weighted by Gasteiger charge is -2.23. The molecule has 0 atom stereocenters. The molecule has 88 valence electrons. The van der Waals surface area contributed by atoms with Gasteiger partial charge in [-0.25, -0.2) is 0 Å². The van der Waals surface area contributed by atoms with Crippen molar-refractivity contribution in [2.24, 2.45) is 0 Å². The Bertz CT molecular complexity index is 371. The van der Waals surface area contributed by atoms with Crippen LogP contribution in [0.3, 0.4) is 0 Å². The van der Waals surface area contributed by atoms with Gasteiger partial charge in [0, 0.05) is 13.1 Å². The largest absolute Gasteiger partial charge is 0.355 e. The summed E-state index contributed by atoms with van der Waals surface area (Å²) in [4.78, 5) is 2.35. The number of hydrogen-bond acceptors (Lipinski definition) is 3. The molecule has 1 aliphatic heterocycles. The minimum Gasteiger partial charge on any atom is -0.355 e. The summed E-state index contributed by atoms with van der Waals surface area (Å²) in [5.41, 5.74) is 2.22. The Hall–Kier alpha value is -0.830. The van der Waals surface area contributed by atoms with Crippen LogP contribution in [0.1, 0.15) is 36.8 Å². The van der Waals surface area contributed by atoms with Gasteiger partial charge in [0.25, 0.3) is 0 Å². The molecule has 0 N–H and O–H groups in total. The highest BCUT2D eigenvalue weighted by molar-refractivity contribution is 6.30. The topological polar surface area (TPSA) is 29.0 Å². The summed E-state index contributed by atoms with van der Waals surface area (Å²) < 4.78 is 0. The van der Waals surface area contributed by atoms with Crippen molar-refractivity contribution < 1.29 is 0 Å². The van der Waals surface area contributed by atoms with Gasteiger partial charge in [0.05, 0.1) is 0 Å². The van der Waals surface area contributed by atoms with Crippen molar-refractivity contribution in [1.82, 2.24) is 10.2 Å². The predicted molar refractivity (Wildman–Crippen MR) is 67.2 cm³/mol. The fourth-order valence-electron chi connectivity index (χ4n) is 2.15. The Morgan fingerprint density at radius 2 is 1.56 bits per heavy atom. The third-order valence-corrected chi connectivity index (χ3v) is 3.70. The summed E-state index contributed by atoms with van der Waals surface area (Å²) in [7, 11) is 0. The first-order valence-electron chi connectivity index (χ1n) is 5.94. The Balaban J connectivity index is 2.28. The molecule has 1 aromatic rings. The highest BCUT2D eigenvalue weighted by Crippen LogP contribution is 2.25. The third-order valence-electron chi connectivity index (χ3n) is 3.35. The Morgan fingerprint density at radius 3 is 2.19 bits per heavy atom. The van der Waals surface area contributed by atoms with Crippen molar-refractivity contribution in [3.05, 3.63) is 16.3 Å². The minimum atomic E-state index is 0.524. The van der Waals surface area contributed by atoms with E-state index in [2.05, 4.69) is 22.0 Å². The van der Waals surface area contributed by atoms with Crippen LogP contribution in [0.15, 0.2) is 0 Å². The molecule has 0 unspecified atom stereocenters. The van der Waals surface area contributed by atoms with E-state index in [4.69, 9.17) is 11.6 Å². The maximum absolute atomic E-state index is 5.96. The van der Waals surface area contributed by atoms with Gasteiger partial charge in [0.1, 0.15) is 0 Å². The van der Waals surface area contributed by atoms with E-state index in [9.17, 15) is 0 Å². The number of rotatable bonds is 1. The predicted octanol–water partition coefficient (Wildman–Crippen LogP) is 3.13. The average Bonchev–Trinajstić information content (AvgIpc) is 2.55. The van der Waals surface area contributed by atoms with Gasteiger partial charge in [-0.05, 0) is 37.8 Å². The van der Waals surface area contributed by atoms with Crippen LogP contribution in [-0.4, -0.2) is 23.3 Å². The molecule has 1 aromatic heterocycles. The Morgan fingerprint density at radius 1 is 0.938 bits per heavy atom. The second-order valence-electron chi connectivity index (χ2n) is 4.47. The van der Waals surface area contributed by atoms with Crippen molar-refractivity contribution in [2.75, 3.05) is 18.0 Å². The zero-order valence-electron chi connectivity index (χ0n) is 9.96. The Labute approximate surface area is 102 Å². The molecular weight excluding hydrogens is 222 g/mol. The zero-order chi connectivity index (χ0) is 11.5. The molecule has 3 nitrogen and oxygen atoms in total. The number of aromatic nitrogens is 2. The number of nitrogens with zero attached hydrogens (tertiary/aromatic N) is 3. The van der Waals surface area contributed by atoms with Gasteiger partial charge in [-0.3, -0.25) is 0 Å². The van der Waals surface area contributed by atoms with Crippen LogP contribution in [0, 0.1) is 13.8 Å². The molecule has 1 saturated heterocycles. The number of hydrogen-bond donors (Lipinski definition) is 0. The van der Waals surface area contributed by atoms with Gasteiger partial charge in [-0.15, -0.1) is 10.2 Å². The van der Waals surface area contributed by atoms with Crippen LogP contribution in [0.4, 0.5) is 5.82 Å². The van der Waals surface area contributed by atoms with E-state index in [0.717, 1.165) is 24.5 Å². The first-order valence-corrected chi connectivity index (χ1v) is 6.32. The van der Waals surface area contributed by atoms with Crippen LogP contribution in [0.25, 0.3) is 0 Å². The lowest BCUT2D eigenvalue weighted by atomic mass is 10.2. The third kappa shape index (κ3) is 2.29. The van der Waals surface area contributed by atoms with Crippen LogP contribution in [-0.2, 0) is 0 Å². The second kappa shape index (κ2) is 5.00. The van der Waals surface area contributed by atoms with E-state index in [-0.39, 0.29) is 0 Å². The molecule has 1 aliphatic rings. The number of halogens is 1. The molecule has 0 saturated carbocycles. The van der Waals surface area contributed by atoms with Crippen LogP contribution in [0.2, 0.25) is 5.15 Å². The van der Waals surface area contributed by atoms with Gasteiger partial charge in [-0.1, -0.05) is 24.4 Å². The summed E-state index contributed by atoms with van der Waals surface area (Å²) in [6.07, 6.45) is 5.16. The molecule has 2 heterocycles. The molecule has 0 aromatic carbocycles. The molecule has 16 heavy (non-hydrogen) atoms. The van der Waals surface area contributed by atoms with E-state index in [0.29, 0.717) is 5.15 Å². The normalized spacial score (nSPS) is 17.3. The summed E-state index contributed by atoms with van der Waals surface area (Å²) >= 11 is 5.96. The smallest absolute Gasteiger partial charge is 0.155 e. The molecule has 1 fully saturated rings. The van der Waals surface area contributed by atoms with Crippen molar-refractivity contribution in [3.63, 3.8) is 0 Å². The fourth-order valence-corrected chi connectivity index (χ4v) is 2.33. The molecule has 0 bridgehead atoms. The van der Waals surface area contributed by atoms with Crippen molar-refractivity contribution in [2.45, 2.75) is 39.5 Å². The van der Waals surface area contributed by atoms with Crippen molar-refractivity contribution in [3.8, 4) is 0 Å². The highest BCUT2D eigenvalue weighted by Gasteiger charge is 2.16. The standard InChI is InChI=1S/C12H18ClN3/c1-9-10(2)12(15-14-11(9)13)16-7-5-3-4-6-8-16/h3-8H2,1-2H3. The van der Waals surface area contributed by atoms with Crippen LogP contribution >= 0.6 is 11.6 Å². The van der Waals surface area contributed by atoms with E-state index in [1.165, 1.54) is 31.2 Å². The van der Waals surface area contributed by atoms with Crippen LogP contribution in [0.5, 0.6) is 0 Å². The van der Waals surface area contributed by atoms with Crippen molar-refractivity contribution >= 4 is 17.4 Å². The van der Waals surface area contributed by atoms with Crippen LogP contribution < -0.4 is 4.90 Å². The quantitative estimate of drug-likeness (QED) is 0.754. The summed E-state index contributed by atoms with van der Waals surface area (Å²) in [5.74, 6) is 1.02. The molecule has 4 heteroatoms. The van der Waals surface area contributed by atoms with Gasteiger partial charge in [0.2, 0.25) is 0 Å². The lowest BCUT2D eigenvalue weighted by molar-refractivity contribution is 0.726. The first-order chi connectivity index (χ1) is 7.70. The molecule has 0 spiro atoms. The zero-order valence-corrected chi connectivity index (χ0v) is 10.7. The Kier molecular flexibility index (Phi) is 3.64. The molecular formula is C12H18ClN3. The molecule has 0 radical (unpaired) electrons. The van der Waals surface area contributed by atoms with Gasteiger partial charge in [0.15, 0.2) is 11.0 Å². The SMILES string of the molecule is Cc1c(Cl)nnc(N2CCCCCC2)c1C. The first kappa shape index (κ1) is 11.6. The summed E-state index contributed by atoms with van der Waals surface area (Å²) in [6, 6.07) is 0. The number of anilines is 1. The summed E-state index contributed by atoms with van der Waals surface area (Å²) in [6.45, 7) is 6.27. The highest BCUT2D eigenvalue weighted by atomic mass is 35.5. The fraction of sp³-hybridized carbons (Fsp3) is 0.667. The van der Waals surface area contributed by atoms with Gasteiger partial charge < -0.3 is 4.90 Å². The summed E-state index contributed by atoms with van der Waals surface area (Å²) in [5, 5.41) is 8.79. The van der Waals surface area contributed by atoms with E-state index in [1.807, 2.05) is 6.92 Å². The van der Waals surface area contributed by atoms with Gasteiger partial charge >= 0.3 is 0 Å².